The molecular formula is C5H13MgNO2S. The minimum atomic E-state index is -0.913. The Kier molecular flexibility index (Phi) is 10.1. The number of carbonyl (C=O) groups is 1. The molecule has 0 spiro atoms. The minimum Gasteiger partial charge on any atom is -1.00 e. The summed E-state index contributed by atoms with van der Waals surface area (Å²) in [6.45, 7) is 0. The van der Waals surface area contributed by atoms with E-state index in [4.69, 9.17) is 10.8 Å². The molecule has 0 aliphatic carbocycles. The molecule has 0 saturated heterocycles. The van der Waals surface area contributed by atoms with Gasteiger partial charge in [0.1, 0.15) is 6.04 Å². The summed E-state index contributed by atoms with van der Waals surface area (Å²) in [5, 5.41) is 8.27. The molecule has 3 nitrogen and oxygen atoms in total. The van der Waals surface area contributed by atoms with Crippen LogP contribution >= 0.6 is 11.8 Å². The van der Waals surface area contributed by atoms with Gasteiger partial charge < -0.3 is 13.7 Å². The molecule has 5 heteroatoms. The molecule has 10 heavy (non-hydrogen) atoms. The van der Waals surface area contributed by atoms with Gasteiger partial charge in [-0.3, -0.25) is 4.79 Å². The van der Waals surface area contributed by atoms with E-state index in [1.165, 1.54) is 0 Å². The van der Waals surface area contributed by atoms with Crippen LogP contribution in [-0.4, -0.2) is 52.2 Å². The van der Waals surface area contributed by atoms with Crippen LogP contribution in [0.3, 0.4) is 0 Å². The van der Waals surface area contributed by atoms with Crippen LogP contribution in [0.25, 0.3) is 0 Å². The molecule has 0 bridgehead atoms. The molecule has 0 aromatic heterocycles. The number of carboxylic acid groups (broad SMARTS) is 1. The predicted octanol–water partition coefficient (Wildman–Crippen LogP) is -0.00440. The summed E-state index contributed by atoms with van der Waals surface area (Å²) in [5.41, 5.74) is 5.19. The van der Waals surface area contributed by atoms with Crippen molar-refractivity contribution in [3.63, 3.8) is 0 Å². The quantitative estimate of drug-likeness (QED) is 0.591. The first kappa shape index (κ1) is 13.2. The fourth-order valence-electron chi connectivity index (χ4n) is 0.368. The maximum Gasteiger partial charge on any atom is 2.00 e. The van der Waals surface area contributed by atoms with Crippen molar-refractivity contribution in [3.05, 3.63) is 0 Å². The molecule has 0 aromatic rings. The van der Waals surface area contributed by atoms with Gasteiger partial charge in [-0.05, 0) is 18.4 Å². The van der Waals surface area contributed by atoms with Gasteiger partial charge in [0.05, 0.1) is 0 Å². The summed E-state index contributed by atoms with van der Waals surface area (Å²) in [4.78, 5) is 10.1. The standard InChI is InChI=1S/C5H11NO2S.Mg.2H/c1-9-3-2-4(6)5(7)8;;;/h4H,2-3,6H2,1H3,(H,7,8);;;/q;+2;2*-1. The second-order valence-corrected chi connectivity index (χ2v) is 2.71. The van der Waals surface area contributed by atoms with E-state index in [9.17, 15) is 4.79 Å². The average molecular weight is 176 g/mol. The van der Waals surface area contributed by atoms with E-state index in [0.29, 0.717) is 6.42 Å². The molecule has 0 rings (SSSR count). The predicted molar refractivity (Wildman–Crippen MR) is 46.6 cm³/mol. The Morgan fingerprint density at radius 2 is 2.40 bits per heavy atom. The fourth-order valence-corrected chi connectivity index (χ4v) is 0.858. The van der Waals surface area contributed by atoms with E-state index in [1.807, 2.05) is 6.26 Å². The first-order valence-corrected chi connectivity index (χ1v) is 4.05. The number of hydrogen-bond acceptors (Lipinski definition) is 3. The topological polar surface area (TPSA) is 63.3 Å². The molecule has 0 heterocycles. The fraction of sp³-hybridized carbons (Fsp3) is 0.800. The largest absolute Gasteiger partial charge is 2.00 e. The van der Waals surface area contributed by atoms with Crippen molar-refractivity contribution in [1.82, 2.24) is 0 Å². The molecule has 1 unspecified atom stereocenters. The molecule has 1 atom stereocenters. The molecule has 58 valence electrons. The minimum absolute atomic E-state index is 0. The van der Waals surface area contributed by atoms with Crippen LogP contribution in [0, 0.1) is 0 Å². The molecule has 0 radical (unpaired) electrons. The summed E-state index contributed by atoms with van der Waals surface area (Å²) in [5.74, 6) is -0.1000. The van der Waals surface area contributed by atoms with Crippen LogP contribution in [-0.2, 0) is 4.79 Å². The molecule has 0 amide bonds. The SMILES string of the molecule is CSCCC(N)C(=O)O.[H-].[H-].[Mg+2]. The number of aliphatic carboxylic acids is 1. The van der Waals surface area contributed by atoms with Crippen LogP contribution < -0.4 is 5.73 Å². The molecule has 0 fully saturated rings. The molecular weight excluding hydrogens is 162 g/mol. The van der Waals surface area contributed by atoms with Gasteiger partial charge in [0, 0.05) is 0 Å². The van der Waals surface area contributed by atoms with Crippen molar-refractivity contribution in [2.75, 3.05) is 12.0 Å². The van der Waals surface area contributed by atoms with Gasteiger partial charge in [0.2, 0.25) is 0 Å². The number of nitrogens with two attached hydrogens (primary N) is 1. The molecule has 0 aliphatic heterocycles. The van der Waals surface area contributed by atoms with Crippen molar-refractivity contribution in [2.24, 2.45) is 5.73 Å². The smallest absolute Gasteiger partial charge is 1.00 e. The van der Waals surface area contributed by atoms with Gasteiger partial charge in [-0.1, -0.05) is 0 Å². The van der Waals surface area contributed by atoms with E-state index >= 15 is 0 Å². The van der Waals surface area contributed by atoms with Crippen molar-refractivity contribution in [2.45, 2.75) is 12.5 Å². The van der Waals surface area contributed by atoms with E-state index < -0.39 is 12.0 Å². The van der Waals surface area contributed by atoms with Crippen LogP contribution in [0.1, 0.15) is 9.27 Å². The maximum absolute atomic E-state index is 10.1. The number of hydrogen-bond donors (Lipinski definition) is 2. The zero-order valence-corrected chi connectivity index (χ0v) is 8.27. The van der Waals surface area contributed by atoms with Crippen LogP contribution in [0.15, 0.2) is 0 Å². The summed E-state index contributed by atoms with van der Waals surface area (Å²) in [6.07, 6.45) is 2.48. The second-order valence-electron chi connectivity index (χ2n) is 1.73. The summed E-state index contributed by atoms with van der Waals surface area (Å²) in [7, 11) is 0. The molecule has 3 N–H and O–H groups in total. The summed E-state index contributed by atoms with van der Waals surface area (Å²) >= 11 is 1.60. The second kappa shape index (κ2) is 7.65. The van der Waals surface area contributed by atoms with Gasteiger partial charge in [-0.25, -0.2) is 0 Å². The molecule has 0 aliphatic rings. The van der Waals surface area contributed by atoms with E-state index in [0.717, 1.165) is 5.75 Å². The van der Waals surface area contributed by atoms with Crippen molar-refractivity contribution in [3.8, 4) is 0 Å². The average Bonchev–Trinajstić information content (AvgIpc) is 1.82. The summed E-state index contributed by atoms with van der Waals surface area (Å²) < 4.78 is 0. The number of thioether (sulfide) groups is 1. The van der Waals surface area contributed by atoms with E-state index in [2.05, 4.69) is 0 Å². The third kappa shape index (κ3) is 6.66. The van der Waals surface area contributed by atoms with Crippen molar-refractivity contribution in [1.29, 1.82) is 0 Å². The van der Waals surface area contributed by atoms with Crippen molar-refractivity contribution >= 4 is 40.8 Å². The first-order chi connectivity index (χ1) is 4.18. The monoisotopic (exact) mass is 175 g/mol. The summed E-state index contributed by atoms with van der Waals surface area (Å²) in [6, 6.07) is -0.683. The van der Waals surface area contributed by atoms with Crippen molar-refractivity contribution < 1.29 is 12.8 Å². The van der Waals surface area contributed by atoms with Gasteiger partial charge in [0.15, 0.2) is 0 Å². The Labute approximate surface area is 83.9 Å². The third-order valence-corrected chi connectivity index (χ3v) is 1.59. The van der Waals surface area contributed by atoms with Crippen LogP contribution in [0.5, 0.6) is 0 Å². The van der Waals surface area contributed by atoms with Crippen LogP contribution in [0.4, 0.5) is 0 Å². The number of rotatable bonds is 4. The van der Waals surface area contributed by atoms with E-state index in [1.54, 1.807) is 11.8 Å². The Hall–Kier alpha value is 0.546. The Morgan fingerprint density at radius 3 is 2.70 bits per heavy atom. The zero-order valence-electron chi connectivity index (χ0n) is 8.04. The zero-order chi connectivity index (χ0) is 7.28. The van der Waals surface area contributed by atoms with E-state index in [-0.39, 0.29) is 25.9 Å². The molecule has 0 aromatic carbocycles. The van der Waals surface area contributed by atoms with Gasteiger partial charge in [0.25, 0.3) is 0 Å². The number of carboxylic acids is 1. The Balaban J connectivity index is -0.000000107. The normalized spacial score (nSPS) is 11.8. The Morgan fingerprint density at radius 1 is 1.90 bits per heavy atom. The third-order valence-electron chi connectivity index (χ3n) is 0.950. The Bertz CT molecular complexity index is 109. The van der Waals surface area contributed by atoms with Gasteiger partial charge in [-0.15, -0.1) is 0 Å². The van der Waals surface area contributed by atoms with Gasteiger partial charge >= 0.3 is 29.0 Å². The maximum atomic E-state index is 10.1. The molecule has 0 saturated carbocycles. The van der Waals surface area contributed by atoms with Crippen LogP contribution in [0.2, 0.25) is 0 Å². The van der Waals surface area contributed by atoms with Gasteiger partial charge in [-0.2, -0.15) is 11.8 Å². The first-order valence-electron chi connectivity index (χ1n) is 2.65.